The largest absolute Gasteiger partial charge is 0.481 e. The maximum atomic E-state index is 12.2. The Bertz CT molecular complexity index is 366. The second-order valence-electron chi connectivity index (χ2n) is 6.25. The number of rotatable bonds is 4. The first-order valence-corrected chi connectivity index (χ1v) is 8.04. The summed E-state index contributed by atoms with van der Waals surface area (Å²) in [7, 11) is 0. The molecule has 19 heavy (non-hydrogen) atoms. The van der Waals surface area contributed by atoms with Crippen LogP contribution in [-0.2, 0) is 9.59 Å². The molecule has 4 nitrogen and oxygen atoms in total. The first kappa shape index (κ1) is 14.7. The molecule has 0 aromatic rings. The summed E-state index contributed by atoms with van der Waals surface area (Å²) in [5.74, 6) is -0.254. The molecule has 2 aliphatic rings. The Hall–Kier alpha value is -0.710. The predicted octanol–water partition coefficient (Wildman–Crippen LogP) is 2.14. The van der Waals surface area contributed by atoms with Crippen molar-refractivity contribution in [2.75, 3.05) is 12.3 Å². The van der Waals surface area contributed by atoms with Gasteiger partial charge in [0.05, 0.1) is 11.8 Å². The first-order chi connectivity index (χ1) is 8.91. The normalized spacial score (nSPS) is 38.3. The quantitative estimate of drug-likeness (QED) is 0.830. The molecular weight excluding hydrogens is 262 g/mol. The van der Waals surface area contributed by atoms with Gasteiger partial charge in [-0.05, 0) is 44.3 Å². The zero-order valence-electron chi connectivity index (χ0n) is 11.6. The van der Waals surface area contributed by atoms with Gasteiger partial charge in [-0.1, -0.05) is 6.92 Å². The molecule has 2 N–H and O–H groups in total. The van der Waals surface area contributed by atoms with Crippen molar-refractivity contribution in [3.63, 3.8) is 0 Å². The van der Waals surface area contributed by atoms with E-state index in [1.807, 2.05) is 18.7 Å². The molecule has 2 unspecified atom stereocenters. The van der Waals surface area contributed by atoms with Gasteiger partial charge in [-0.15, -0.1) is 0 Å². The molecule has 5 heteroatoms. The summed E-state index contributed by atoms with van der Waals surface area (Å²) in [4.78, 5) is 23.4. The monoisotopic (exact) mass is 285 g/mol. The highest BCUT2D eigenvalue weighted by molar-refractivity contribution is 8.00. The van der Waals surface area contributed by atoms with E-state index in [-0.39, 0.29) is 16.6 Å². The van der Waals surface area contributed by atoms with Gasteiger partial charge in [0.1, 0.15) is 0 Å². The van der Waals surface area contributed by atoms with E-state index in [9.17, 15) is 14.7 Å². The summed E-state index contributed by atoms with van der Waals surface area (Å²) >= 11 is 1.91. The van der Waals surface area contributed by atoms with E-state index in [1.165, 1.54) is 6.42 Å². The van der Waals surface area contributed by atoms with Gasteiger partial charge in [0.15, 0.2) is 0 Å². The minimum atomic E-state index is -0.828. The zero-order chi connectivity index (χ0) is 14.0. The maximum absolute atomic E-state index is 12.2. The van der Waals surface area contributed by atoms with Crippen molar-refractivity contribution in [3.05, 3.63) is 0 Å². The summed E-state index contributed by atoms with van der Waals surface area (Å²) in [6.07, 6.45) is 3.66. The van der Waals surface area contributed by atoms with Gasteiger partial charge in [0.2, 0.25) is 5.91 Å². The lowest BCUT2D eigenvalue weighted by Gasteiger charge is -2.24. The summed E-state index contributed by atoms with van der Waals surface area (Å²) in [5.41, 5.74) is 0. The molecule has 1 aliphatic carbocycles. The summed E-state index contributed by atoms with van der Waals surface area (Å²) in [6, 6.07) is 0. The van der Waals surface area contributed by atoms with Crippen LogP contribution in [0.4, 0.5) is 0 Å². The number of aliphatic carboxylic acids is 1. The van der Waals surface area contributed by atoms with E-state index in [1.54, 1.807) is 0 Å². The third-order valence-corrected chi connectivity index (χ3v) is 5.93. The number of carbonyl (C=O) groups is 2. The highest BCUT2D eigenvalue weighted by Gasteiger charge is 2.41. The smallest absolute Gasteiger partial charge is 0.307 e. The Labute approximate surface area is 118 Å². The van der Waals surface area contributed by atoms with E-state index in [2.05, 4.69) is 12.2 Å². The second kappa shape index (κ2) is 5.73. The van der Waals surface area contributed by atoms with Gasteiger partial charge in [-0.2, -0.15) is 11.8 Å². The number of nitrogens with one attached hydrogen (secondary N) is 1. The van der Waals surface area contributed by atoms with E-state index >= 15 is 0 Å². The number of thioether (sulfide) groups is 1. The SMILES string of the molecule is CC1C[C@H](C(=O)NCC2(C)CCCS2)[C@H](C(=O)O)C1. The molecule has 1 saturated carbocycles. The molecule has 108 valence electrons. The number of amides is 1. The van der Waals surface area contributed by atoms with Gasteiger partial charge in [0, 0.05) is 11.3 Å². The molecule has 1 amide bonds. The van der Waals surface area contributed by atoms with Crippen LogP contribution in [0.5, 0.6) is 0 Å². The fraction of sp³-hybridized carbons (Fsp3) is 0.857. The lowest BCUT2D eigenvalue weighted by molar-refractivity contribution is -0.146. The van der Waals surface area contributed by atoms with Crippen molar-refractivity contribution in [1.82, 2.24) is 5.32 Å². The van der Waals surface area contributed by atoms with Gasteiger partial charge < -0.3 is 10.4 Å². The molecule has 0 spiro atoms. The molecule has 4 atom stereocenters. The number of carboxylic acid groups (broad SMARTS) is 1. The van der Waals surface area contributed by atoms with Gasteiger partial charge in [-0.25, -0.2) is 0 Å². The summed E-state index contributed by atoms with van der Waals surface area (Å²) in [6.45, 7) is 4.86. The summed E-state index contributed by atoms with van der Waals surface area (Å²) in [5, 5.41) is 12.2. The van der Waals surface area contributed by atoms with Crippen LogP contribution in [0.3, 0.4) is 0 Å². The van der Waals surface area contributed by atoms with Gasteiger partial charge >= 0.3 is 5.97 Å². The average molecular weight is 285 g/mol. The predicted molar refractivity (Wildman–Crippen MR) is 76.1 cm³/mol. The van der Waals surface area contributed by atoms with Crippen LogP contribution >= 0.6 is 11.8 Å². The molecule has 0 aromatic carbocycles. The minimum absolute atomic E-state index is 0.0644. The maximum Gasteiger partial charge on any atom is 0.307 e. The lowest BCUT2D eigenvalue weighted by atomic mass is 9.95. The molecule has 0 radical (unpaired) electrons. The average Bonchev–Trinajstić information content (AvgIpc) is 2.93. The van der Waals surface area contributed by atoms with Crippen LogP contribution in [0, 0.1) is 17.8 Å². The van der Waals surface area contributed by atoms with E-state index in [4.69, 9.17) is 0 Å². The number of hydrogen-bond acceptors (Lipinski definition) is 3. The van der Waals surface area contributed by atoms with Crippen molar-refractivity contribution in [1.29, 1.82) is 0 Å². The molecular formula is C14H23NO3S. The first-order valence-electron chi connectivity index (χ1n) is 7.06. The van der Waals surface area contributed by atoms with Crippen LogP contribution in [-0.4, -0.2) is 34.0 Å². The Kier molecular flexibility index (Phi) is 4.43. The van der Waals surface area contributed by atoms with Crippen LogP contribution in [0.2, 0.25) is 0 Å². The Morgan fingerprint density at radius 2 is 2.05 bits per heavy atom. The van der Waals surface area contributed by atoms with Gasteiger partial charge in [0.25, 0.3) is 0 Å². The number of hydrogen-bond donors (Lipinski definition) is 2. The molecule has 2 fully saturated rings. The van der Waals surface area contributed by atoms with E-state index in [0.29, 0.717) is 25.3 Å². The van der Waals surface area contributed by atoms with Crippen LogP contribution < -0.4 is 5.32 Å². The molecule has 1 aliphatic heterocycles. The standard InChI is InChI=1S/C14H23NO3S/c1-9-6-10(11(7-9)13(17)18)12(16)15-8-14(2)4-3-5-19-14/h9-11H,3-8H2,1-2H3,(H,15,16)(H,17,18)/t9?,10-,11+,14?/m0/s1. The molecule has 0 aromatic heterocycles. The Morgan fingerprint density at radius 1 is 1.37 bits per heavy atom. The highest BCUT2D eigenvalue weighted by atomic mass is 32.2. The Balaban J connectivity index is 1.90. The van der Waals surface area contributed by atoms with Gasteiger partial charge in [-0.3, -0.25) is 9.59 Å². The molecule has 2 rings (SSSR count). The van der Waals surface area contributed by atoms with E-state index < -0.39 is 11.9 Å². The fourth-order valence-corrected chi connectivity index (χ4v) is 4.48. The summed E-state index contributed by atoms with van der Waals surface area (Å²) < 4.78 is 0.138. The van der Waals surface area contributed by atoms with Crippen LogP contribution in [0.1, 0.15) is 39.5 Å². The second-order valence-corrected chi connectivity index (χ2v) is 7.93. The van der Waals surface area contributed by atoms with E-state index in [0.717, 1.165) is 12.2 Å². The van der Waals surface area contributed by atoms with Crippen molar-refractivity contribution < 1.29 is 14.7 Å². The van der Waals surface area contributed by atoms with Crippen molar-refractivity contribution in [2.24, 2.45) is 17.8 Å². The Morgan fingerprint density at radius 3 is 2.63 bits per heavy atom. The van der Waals surface area contributed by atoms with Crippen LogP contribution in [0.15, 0.2) is 0 Å². The lowest BCUT2D eigenvalue weighted by Crippen LogP contribution is -2.41. The molecule has 0 bridgehead atoms. The fourth-order valence-electron chi connectivity index (χ4n) is 3.24. The molecule has 1 heterocycles. The topological polar surface area (TPSA) is 66.4 Å². The minimum Gasteiger partial charge on any atom is -0.481 e. The van der Waals surface area contributed by atoms with Crippen molar-refractivity contribution in [2.45, 2.75) is 44.3 Å². The number of carbonyl (C=O) groups excluding carboxylic acids is 1. The van der Waals surface area contributed by atoms with Crippen molar-refractivity contribution in [3.8, 4) is 0 Å². The third-order valence-electron chi connectivity index (χ3n) is 4.39. The third kappa shape index (κ3) is 3.44. The number of carboxylic acids is 1. The molecule has 1 saturated heterocycles. The highest BCUT2D eigenvalue weighted by Crippen LogP contribution is 2.38. The zero-order valence-corrected chi connectivity index (χ0v) is 12.5. The van der Waals surface area contributed by atoms with Crippen LogP contribution in [0.25, 0.3) is 0 Å². The van der Waals surface area contributed by atoms with Crippen molar-refractivity contribution >= 4 is 23.6 Å².